The number of nitrogens with zero attached hydrogens (tertiary/aromatic N) is 2. The summed E-state index contributed by atoms with van der Waals surface area (Å²) in [5.74, 6) is 0.780. The maximum atomic E-state index is 8.86. The van der Waals surface area contributed by atoms with E-state index >= 15 is 0 Å². The van der Waals surface area contributed by atoms with Crippen molar-refractivity contribution in [3.05, 3.63) is 36.0 Å². The molecule has 1 atom stereocenters. The van der Waals surface area contributed by atoms with E-state index < -0.39 is 5.54 Å². The lowest BCUT2D eigenvalue weighted by Gasteiger charge is -2.15. The SMILES string of the molecule is Cc1ccc2cccc(OCCCC(C)(N)C#N)c2n1. The Balaban J connectivity index is 2.04. The van der Waals surface area contributed by atoms with Gasteiger partial charge in [0.15, 0.2) is 0 Å². The van der Waals surface area contributed by atoms with E-state index in [0.29, 0.717) is 13.0 Å². The first-order chi connectivity index (χ1) is 9.52. The zero-order chi connectivity index (χ0) is 14.6. The number of nitriles is 1. The van der Waals surface area contributed by atoms with Gasteiger partial charge in [-0.15, -0.1) is 0 Å². The molecule has 0 bridgehead atoms. The van der Waals surface area contributed by atoms with Gasteiger partial charge in [-0.05, 0) is 38.8 Å². The highest BCUT2D eigenvalue weighted by atomic mass is 16.5. The normalized spacial score (nSPS) is 13.7. The van der Waals surface area contributed by atoms with Crippen LogP contribution in [0.2, 0.25) is 0 Å². The monoisotopic (exact) mass is 269 g/mol. The molecule has 4 nitrogen and oxygen atoms in total. The van der Waals surface area contributed by atoms with Crippen LogP contribution in [0.15, 0.2) is 30.3 Å². The molecule has 0 aliphatic rings. The Morgan fingerprint density at radius 2 is 2.15 bits per heavy atom. The summed E-state index contributed by atoms with van der Waals surface area (Å²) < 4.78 is 5.79. The third kappa shape index (κ3) is 3.46. The predicted octanol–water partition coefficient (Wildman–Crippen LogP) is 2.94. The number of pyridine rings is 1. The third-order valence-corrected chi connectivity index (χ3v) is 3.18. The van der Waals surface area contributed by atoms with E-state index in [4.69, 9.17) is 15.7 Å². The Kier molecular flexibility index (Phi) is 4.21. The van der Waals surface area contributed by atoms with Crippen molar-refractivity contribution in [1.29, 1.82) is 5.26 Å². The molecule has 0 aliphatic carbocycles. The van der Waals surface area contributed by atoms with Crippen LogP contribution in [0.25, 0.3) is 10.9 Å². The largest absolute Gasteiger partial charge is 0.491 e. The van der Waals surface area contributed by atoms with Gasteiger partial charge in [0, 0.05) is 11.1 Å². The fraction of sp³-hybridized carbons (Fsp3) is 0.375. The molecule has 1 aromatic carbocycles. The Morgan fingerprint density at radius 1 is 1.35 bits per heavy atom. The first-order valence-electron chi connectivity index (χ1n) is 6.71. The number of hydrogen-bond acceptors (Lipinski definition) is 4. The van der Waals surface area contributed by atoms with Crippen LogP contribution in [0, 0.1) is 18.3 Å². The molecule has 0 fully saturated rings. The summed E-state index contributed by atoms with van der Waals surface area (Å²) in [6.07, 6.45) is 1.35. The second kappa shape index (κ2) is 5.89. The number of hydrogen-bond donors (Lipinski definition) is 1. The maximum Gasteiger partial charge on any atom is 0.145 e. The summed E-state index contributed by atoms with van der Waals surface area (Å²) in [5, 5.41) is 9.92. The van der Waals surface area contributed by atoms with Crippen molar-refractivity contribution in [1.82, 2.24) is 4.98 Å². The number of aryl methyl sites for hydroxylation is 1. The van der Waals surface area contributed by atoms with Gasteiger partial charge in [-0.25, -0.2) is 4.98 Å². The van der Waals surface area contributed by atoms with Crippen molar-refractivity contribution in [2.45, 2.75) is 32.2 Å². The summed E-state index contributed by atoms with van der Waals surface area (Å²) >= 11 is 0. The van der Waals surface area contributed by atoms with Gasteiger partial charge in [0.1, 0.15) is 16.8 Å². The molecule has 0 aliphatic heterocycles. The minimum Gasteiger partial charge on any atom is -0.491 e. The van der Waals surface area contributed by atoms with Crippen LogP contribution in [-0.2, 0) is 0 Å². The van der Waals surface area contributed by atoms with Crippen molar-refractivity contribution in [3.63, 3.8) is 0 Å². The van der Waals surface area contributed by atoms with Crippen molar-refractivity contribution in [2.75, 3.05) is 6.61 Å². The van der Waals surface area contributed by atoms with Crippen molar-refractivity contribution in [2.24, 2.45) is 5.73 Å². The van der Waals surface area contributed by atoms with Crippen LogP contribution >= 0.6 is 0 Å². The molecule has 4 heteroatoms. The molecule has 104 valence electrons. The van der Waals surface area contributed by atoms with Gasteiger partial charge in [0.05, 0.1) is 12.7 Å². The van der Waals surface area contributed by atoms with E-state index in [1.807, 2.05) is 37.3 Å². The molecule has 1 aromatic heterocycles. The molecule has 0 saturated carbocycles. The Morgan fingerprint density at radius 3 is 2.90 bits per heavy atom. The van der Waals surface area contributed by atoms with Gasteiger partial charge < -0.3 is 10.5 Å². The number of benzene rings is 1. The third-order valence-electron chi connectivity index (χ3n) is 3.18. The van der Waals surface area contributed by atoms with Gasteiger partial charge in [-0.3, -0.25) is 0 Å². The highest BCUT2D eigenvalue weighted by molar-refractivity contribution is 5.84. The van der Waals surface area contributed by atoms with Gasteiger partial charge in [0.25, 0.3) is 0 Å². The smallest absolute Gasteiger partial charge is 0.145 e. The van der Waals surface area contributed by atoms with E-state index in [0.717, 1.165) is 28.8 Å². The first-order valence-corrected chi connectivity index (χ1v) is 6.71. The second-order valence-corrected chi connectivity index (χ2v) is 5.26. The molecular formula is C16H19N3O. The minimum atomic E-state index is -0.781. The molecule has 2 N–H and O–H groups in total. The van der Waals surface area contributed by atoms with E-state index in [-0.39, 0.29) is 0 Å². The highest BCUT2D eigenvalue weighted by Crippen LogP contribution is 2.24. The second-order valence-electron chi connectivity index (χ2n) is 5.26. The number of para-hydroxylation sites is 1. The molecule has 1 unspecified atom stereocenters. The summed E-state index contributed by atoms with van der Waals surface area (Å²) in [6.45, 7) is 4.22. The number of ether oxygens (including phenoxy) is 1. The van der Waals surface area contributed by atoms with Crippen LogP contribution < -0.4 is 10.5 Å². The predicted molar refractivity (Wildman–Crippen MR) is 79.4 cm³/mol. The molecule has 2 aromatic rings. The van der Waals surface area contributed by atoms with Crippen LogP contribution in [-0.4, -0.2) is 17.1 Å². The number of nitrogens with two attached hydrogens (primary N) is 1. The zero-order valence-corrected chi connectivity index (χ0v) is 11.9. The summed E-state index contributed by atoms with van der Waals surface area (Å²) in [5.41, 5.74) is 6.84. The Labute approximate surface area is 119 Å². The van der Waals surface area contributed by atoms with Crippen LogP contribution in [0.3, 0.4) is 0 Å². The van der Waals surface area contributed by atoms with Gasteiger partial charge >= 0.3 is 0 Å². The molecule has 0 spiro atoms. The zero-order valence-electron chi connectivity index (χ0n) is 11.9. The fourth-order valence-corrected chi connectivity index (χ4v) is 2.01. The topological polar surface area (TPSA) is 71.9 Å². The molecule has 0 amide bonds. The quantitative estimate of drug-likeness (QED) is 0.847. The standard InChI is InChI=1S/C16H19N3O/c1-12-7-8-13-5-3-6-14(15(13)19-12)20-10-4-9-16(2,18)11-17/h3,5-8H,4,9-10,18H2,1-2H3. The lowest BCUT2D eigenvalue weighted by molar-refractivity contribution is 0.298. The fourth-order valence-electron chi connectivity index (χ4n) is 2.01. The number of aromatic nitrogens is 1. The average Bonchev–Trinajstić information content (AvgIpc) is 2.44. The van der Waals surface area contributed by atoms with Gasteiger partial charge in [-0.1, -0.05) is 18.2 Å². The number of fused-ring (bicyclic) bond motifs is 1. The van der Waals surface area contributed by atoms with Crippen molar-refractivity contribution < 1.29 is 4.74 Å². The van der Waals surface area contributed by atoms with Gasteiger partial charge in [-0.2, -0.15) is 5.26 Å². The molecule has 0 saturated heterocycles. The van der Waals surface area contributed by atoms with E-state index in [1.165, 1.54) is 0 Å². The van der Waals surface area contributed by atoms with Crippen LogP contribution in [0.1, 0.15) is 25.5 Å². The van der Waals surface area contributed by atoms with E-state index in [9.17, 15) is 0 Å². The Bertz CT molecular complexity index is 644. The van der Waals surface area contributed by atoms with Gasteiger partial charge in [0.2, 0.25) is 0 Å². The van der Waals surface area contributed by atoms with E-state index in [1.54, 1.807) is 6.92 Å². The molecule has 2 rings (SSSR count). The lowest BCUT2D eigenvalue weighted by Crippen LogP contribution is -2.34. The van der Waals surface area contributed by atoms with Crippen LogP contribution in [0.5, 0.6) is 5.75 Å². The molecular weight excluding hydrogens is 250 g/mol. The summed E-state index contributed by atoms with van der Waals surface area (Å²) in [7, 11) is 0. The molecule has 0 radical (unpaired) electrons. The average molecular weight is 269 g/mol. The summed E-state index contributed by atoms with van der Waals surface area (Å²) in [6, 6.07) is 12.0. The highest BCUT2D eigenvalue weighted by Gasteiger charge is 2.16. The Hall–Kier alpha value is -2.12. The molecule has 20 heavy (non-hydrogen) atoms. The first kappa shape index (κ1) is 14.3. The van der Waals surface area contributed by atoms with E-state index in [2.05, 4.69) is 11.1 Å². The maximum absolute atomic E-state index is 8.86. The van der Waals surface area contributed by atoms with Crippen molar-refractivity contribution >= 4 is 10.9 Å². The van der Waals surface area contributed by atoms with Crippen LogP contribution in [0.4, 0.5) is 0 Å². The lowest BCUT2D eigenvalue weighted by atomic mass is 10.00. The van der Waals surface area contributed by atoms with Crippen molar-refractivity contribution in [3.8, 4) is 11.8 Å². The summed E-state index contributed by atoms with van der Waals surface area (Å²) in [4.78, 5) is 4.52. The number of rotatable bonds is 5. The molecule has 1 heterocycles. The minimum absolute atomic E-state index is 0.531.